The van der Waals surface area contributed by atoms with E-state index in [0.29, 0.717) is 16.1 Å². The maximum absolute atomic E-state index is 12.4. The lowest BCUT2D eigenvalue weighted by atomic mass is 10.2. The zero-order valence-corrected chi connectivity index (χ0v) is 13.7. The number of aromatic nitrogens is 1. The molecule has 0 amide bonds. The lowest BCUT2D eigenvalue weighted by Gasteiger charge is -2.07. The number of nitrogens with one attached hydrogen (secondary N) is 1. The Hall–Kier alpha value is -2.09. The van der Waals surface area contributed by atoms with Gasteiger partial charge in [0.05, 0.1) is 10.4 Å². The summed E-state index contributed by atoms with van der Waals surface area (Å²) in [6.07, 6.45) is 0. The molecule has 0 aliphatic carbocycles. The predicted molar refractivity (Wildman–Crippen MR) is 86.9 cm³/mol. The molecule has 3 rings (SSSR count). The van der Waals surface area contributed by atoms with Crippen LogP contribution in [0.1, 0.15) is 5.56 Å². The number of rotatable bonds is 4. The number of oxazole rings is 1. The molecule has 120 valence electrons. The molecule has 0 spiro atoms. The van der Waals surface area contributed by atoms with E-state index in [4.69, 9.17) is 16.0 Å². The number of benzene rings is 2. The molecule has 1 N–H and O–H groups in total. The Bertz CT molecular complexity index is 1020. The second-order valence-corrected chi connectivity index (χ2v) is 7.21. The van der Waals surface area contributed by atoms with Gasteiger partial charge in [-0.2, -0.15) is 0 Å². The van der Waals surface area contributed by atoms with E-state index < -0.39 is 15.8 Å². The first-order valence-corrected chi connectivity index (χ1v) is 8.56. The Morgan fingerprint density at radius 1 is 1.17 bits per heavy atom. The zero-order chi connectivity index (χ0) is 16.6. The highest BCUT2D eigenvalue weighted by Gasteiger charge is 2.16. The molecule has 0 aliphatic heterocycles. The molecule has 0 saturated heterocycles. The second-order valence-electron chi connectivity index (χ2n) is 5.01. The molecule has 3 aromatic rings. The van der Waals surface area contributed by atoms with E-state index in [1.807, 2.05) is 0 Å². The molecule has 0 fully saturated rings. The maximum Gasteiger partial charge on any atom is 0.419 e. The van der Waals surface area contributed by atoms with Crippen molar-refractivity contribution in [3.8, 4) is 0 Å². The van der Waals surface area contributed by atoms with Gasteiger partial charge in [-0.05, 0) is 35.9 Å². The topological polar surface area (TPSA) is 81.3 Å². The van der Waals surface area contributed by atoms with Crippen LogP contribution in [0.25, 0.3) is 11.1 Å². The summed E-state index contributed by atoms with van der Waals surface area (Å²) in [4.78, 5) is 11.5. The number of hydrogen-bond donors (Lipinski definition) is 1. The molecule has 0 atom stereocenters. The molecule has 0 saturated carbocycles. The average molecular weight is 353 g/mol. The zero-order valence-electron chi connectivity index (χ0n) is 12.1. The molecular formula is C15H13ClN2O4S. The predicted octanol–water partition coefficient (Wildman–Crippen LogP) is 2.26. The Morgan fingerprint density at radius 3 is 2.57 bits per heavy atom. The highest BCUT2D eigenvalue weighted by atomic mass is 35.5. The van der Waals surface area contributed by atoms with Crippen molar-refractivity contribution in [2.24, 2.45) is 7.05 Å². The summed E-state index contributed by atoms with van der Waals surface area (Å²) in [7, 11) is -2.19. The summed E-state index contributed by atoms with van der Waals surface area (Å²) in [5.41, 5.74) is 1.55. The van der Waals surface area contributed by atoms with Gasteiger partial charge in [-0.3, -0.25) is 4.57 Å². The average Bonchev–Trinajstić information content (AvgIpc) is 2.81. The quantitative estimate of drug-likeness (QED) is 0.781. The summed E-state index contributed by atoms with van der Waals surface area (Å²) in [5, 5.41) is 0.586. The molecule has 6 nitrogen and oxygen atoms in total. The fourth-order valence-electron chi connectivity index (χ4n) is 2.14. The van der Waals surface area contributed by atoms with Crippen molar-refractivity contribution in [1.82, 2.24) is 9.29 Å². The van der Waals surface area contributed by atoms with Gasteiger partial charge in [0.2, 0.25) is 10.0 Å². The monoisotopic (exact) mass is 352 g/mol. The molecular weight excluding hydrogens is 340 g/mol. The Balaban J connectivity index is 1.88. The van der Waals surface area contributed by atoms with E-state index in [1.165, 1.54) is 29.8 Å². The molecule has 23 heavy (non-hydrogen) atoms. The van der Waals surface area contributed by atoms with Crippen molar-refractivity contribution in [3.05, 3.63) is 63.6 Å². The number of hydrogen-bond acceptors (Lipinski definition) is 4. The van der Waals surface area contributed by atoms with Crippen LogP contribution >= 0.6 is 11.6 Å². The summed E-state index contributed by atoms with van der Waals surface area (Å²) < 4.78 is 33.5. The van der Waals surface area contributed by atoms with Gasteiger partial charge < -0.3 is 4.42 Å². The van der Waals surface area contributed by atoms with Crippen LogP contribution in [0.5, 0.6) is 0 Å². The van der Waals surface area contributed by atoms with Crippen LogP contribution in [0, 0.1) is 0 Å². The fraction of sp³-hybridized carbons (Fsp3) is 0.133. The van der Waals surface area contributed by atoms with E-state index in [2.05, 4.69) is 4.72 Å². The third kappa shape index (κ3) is 3.17. The van der Waals surface area contributed by atoms with Gasteiger partial charge in [0, 0.05) is 18.6 Å². The smallest absolute Gasteiger partial charge is 0.408 e. The lowest BCUT2D eigenvalue weighted by molar-refractivity contribution is 0.528. The van der Waals surface area contributed by atoms with Crippen LogP contribution in [0.3, 0.4) is 0 Å². The van der Waals surface area contributed by atoms with E-state index in [9.17, 15) is 13.2 Å². The van der Waals surface area contributed by atoms with Gasteiger partial charge in [0.25, 0.3) is 0 Å². The molecule has 0 aliphatic rings. The van der Waals surface area contributed by atoms with Gasteiger partial charge >= 0.3 is 5.76 Å². The van der Waals surface area contributed by atoms with Crippen molar-refractivity contribution < 1.29 is 12.8 Å². The molecule has 2 aromatic carbocycles. The number of sulfonamides is 1. The first-order chi connectivity index (χ1) is 10.9. The van der Waals surface area contributed by atoms with Crippen LogP contribution in [0.4, 0.5) is 0 Å². The van der Waals surface area contributed by atoms with E-state index in [1.54, 1.807) is 24.3 Å². The van der Waals surface area contributed by atoms with Crippen LogP contribution in [-0.4, -0.2) is 13.0 Å². The lowest BCUT2D eigenvalue weighted by Crippen LogP contribution is -2.23. The Morgan fingerprint density at radius 2 is 1.87 bits per heavy atom. The number of aryl methyl sites for hydroxylation is 1. The number of fused-ring (bicyclic) bond motifs is 1. The SMILES string of the molecule is Cn1c(=O)oc2ccc(S(=O)(=O)NCc3ccc(Cl)cc3)cc21. The van der Waals surface area contributed by atoms with Gasteiger partial charge in [-0.25, -0.2) is 17.9 Å². The van der Waals surface area contributed by atoms with Crippen LogP contribution < -0.4 is 10.5 Å². The standard InChI is InChI=1S/C15H13ClN2O4S/c1-18-13-8-12(6-7-14(13)22-15(18)19)23(20,21)17-9-10-2-4-11(16)5-3-10/h2-8,17H,9H2,1H3. The van der Waals surface area contributed by atoms with Gasteiger partial charge in [-0.15, -0.1) is 0 Å². The minimum absolute atomic E-state index is 0.0652. The fourth-order valence-corrected chi connectivity index (χ4v) is 3.30. The van der Waals surface area contributed by atoms with Crippen molar-refractivity contribution in [3.63, 3.8) is 0 Å². The van der Waals surface area contributed by atoms with E-state index in [0.717, 1.165) is 5.56 Å². The van der Waals surface area contributed by atoms with Crippen molar-refractivity contribution in [2.75, 3.05) is 0 Å². The number of nitrogens with zero attached hydrogens (tertiary/aromatic N) is 1. The van der Waals surface area contributed by atoms with Crippen molar-refractivity contribution in [1.29, 1.82) is 0 Å². The molecule has 8 heteroatoms. The van der Waals surface area contributed by atoms with Crippen LogP contribution in [-0.2, 0) is 23.6 Å². The van der Waals surface area contributed by atoms with Crippen molar-refractivity contribution >= 4 is 32.7 Å². The van der Waals surface area contributed by atoms with Crippen LogP contribution in [0.15, 0.2) is 56.6 Å². The third-order valence-corrected chi connectivity index (χ3v) is 5.10. The third-order valence-electron chi connectivity index (χ3n) is 3.45. The summed E-state index contributed by atoms with van der Waals surface area (Å²) in [5.74, 6) is -0.538. The maximum atomic E-state index is 12.4. The minimum Gasteiger partial charge on any atom is -0.408 e. The highest BCUT2D eigenvalue weighted by Crippen LogP contribution is 2.18. The molecule has 0 bridgehead atoms. The Labute approximate surface area is 137 Å². The summed E-state index contributed by atoms with van der Waals surface area (Å²) in [6, 6.07) is 11.1. The van der Waals surface area contributed by atoms with Gasteiger partial charge in [-0.1, -0.05) is 23.7 Å². The van der Waals surface area contributed by atoms with Gasteiger partial charge in [0.15, 0.2) is 5.58 Å². The van der Waals surface area contributed by atoms with E-state index >= 15 is 0 Å². The summed E-state index contributed by atoms with van der Waals surface area (Å²) >= 11 is 5.79. The first kappa shape index (κ1) is 15.8. The largest absolute Gasteiger partial charge is 0.419 e. The van der Waals surface area contributed by atoms with Gasteiger partial charge in [0.1, 0.15) is 0 Å². The Kier molecular flexibility index (Phi) is 4.01. The van der Waals surface area contributed by atoms with Crippen molar-refractivity contribution in [2.45, 2.75) is 11.4 Å². The molecule has 0 unspecified atom stereocenters. The normalized spacial score (nSPS) is 11.9. The first-order valence-electron chi connectivity index (χ1n) is 6.70. The number of halogens is 1. The molecule has 0 radical (unpaired) electrons. The van der Waals surface area contributed by atoms with Crippen LogP contribution in [0.2, 0.25) is 5.02 Å². The molecule has 1 aromatic heterocycles. The van der Waals surface area contributed by atoms with E-state index in [-0.39, 0.29) is 11.4 Å². The minimum atomic E-state index is -3.71. The highest BCUT2D eigenvalue weighted by molar-refractivity contribution is 7.89. The molecule has 1 heterocycles. The summed E-state index contributed by atoms with van der Waals surface area (Å²) in [6.45, 7) is 0.141. The second kappa shape index (κ2) is 5.84.